The van der Waals surface area contributed by atoms with Gasteiger partial charge in [-0.2, -0.15) is 0 Å². The molecule has 0 fully saturated rings. The van der Waals surface area contributed by atoms with Crippen molar-refractivity contribution in [1.82, 2.24) is 0 Å². The van der Waals surface area contributed by atoms with Crippen molar-refractivity contribution in [3.05, 3.63) is 60.2 Å². The third kappa shape index (κ3) is 3.28. The Morgan fingerprint density at radius 1 is 1.14 bits per heavy atom. The highest BCUT2D eigenvalue weighted by molar-refractivity contribution is 5.94. The monoisotopic (exact) mass is 296 g/mol. The van der Waals surface area contributed by atoms with Crippen LogP contribution in [0.15, 0.2) is 54.6 Å². The van der Waals surface area contributed by atoms with Gasteiger partial charge in [0.15, 0.2) is 0 Å². The van der Waals surface area contributed by atoms with Gasteiger partial charge in [-0.1, -0.05) is 36.4 Å². The SMILES string of the molecule is NC1Cc2ccccc2N(C(=O)CCOc2ccccc2)C1. The Morgan fingerprint density at radius 2 is 1.86 bits per heavy atom. The quantitative estimate of drug-likeness (QED) is 0.942. The first kappa shape index (κ1) is 14.6. The number of fused-ring (bicyclic) bond motifs is 1. The zero-order valence-electron chi connectivity index (χ0n) is 12.4. The number of para-hydroxylation sites is 2. The average molecular weight is 296 g/mol. The van der Waals surface area contributed by atoms with Crippen molar-refractivity contribution in [3.63, 3.8) is 0 Å². The summed E-state index contributed by atoms with van der Waals surface area (Å²) in [6.07, 6.45) is 1.16. The maximum Gasteiger partial charge on any atom is 0.230 e. The minimum atomic E-state index is -0.00566. The molecule has 0 radical (unpaired) electrons. The van der Waals surface area contributed by atoms with Gasteiger partial charge < -0.3 is 15.4 Å². The second kappa shape index (κ2) is 6.62. The summed E-state index contributed by atoms with van der Waals surface area (Å²) in [6.45, 7) is 0.942. The molecule has 114 valence electrons. The number of carbonyl (C=O) groups is 1. The molecule has 0 bridgehead atoms. The number of carbonyl (C=O) groups excluding carboxylic acids is 1. The second-order valence-electron chi connectivity index (χ2n) is 5.51. The summed E-state index contributed by atoms with van der Waals surface area (Å²) >= 11 is 0. The summed E-state index contributed by atoms with van der Waals surface area (Å²) in [5, 5.41) is 0. The van der Waals surface area contributed by atoms with Crippen LogP contribution in [0.5, 0.6) is 5.75 Å². The molecule has 1 atom stereocenters. The Labute approximate surface area is 130 Å². The number of ether oxygens (including phenoxy) is 1. The molecule has 2 aromatic carbocycles. The fraction of sp³-hybridized carbons (Fsp3) is 0.278. The van der Waals surface area contributed by atoms with Crippen molar-refractivity contribution in [2.24, 2.45) is 5.73 Å². The smallest absolute Gasteiger partial charge is 0.230 e. The summed E-state index contributed by atoms with van der Waals surface area (Å²) in [5.74, 6) is 0.838. The van der Waals surface area contributed by atoms with Gasteiger partial charge in [-0.15, -0.1) is 0 Å². The molecule has 0 aromatic heterocycles. The molecule has 0 aliphatic carbocycles. The van der Waals surface area contributed by atoms with Crippen LogP contribution in [0.2, 0.25) is 0 Å². The molecule has 1 heterocycles. The van der Waals surface area contributed by atoms with Crippen molar-refractivity contribution in [2.45, 2.75) is 18.9 Å². The number of nitrogens with two attached hydrogens (primary N) is 1. The van der Waals surface area contributed by atoms with E-state index in [0.29, 0.717) is 19.6 Å². The topological polar surface area (TPSA) is 55.6 Å². The Kier molecular flexibility index (Phi) is 4.39. The number of rotatable bonds is 4. The largest absolute Gasteiger partial charge is 0.493 e. The second-order valence-corrected chi connectivity index (χ2v) is 5.51. The molecular formula is C18H20N2O2. The van der Waals surface area contributed by atoms with Gasteiger partial charge >= 0.3 is 0 Å². The van der Waals surface area contributed by atoms with Gasteiger partial charge in [0.2, 0.25) is 5.91 Å². The van der Waals surface area contributed by atoms with Crippen LogP contribution in [0.25, 0.3) is 0 Å². The molecule has 4 heteroatoms. The van der Waals surface area contributed by atoms with Gasteiger partial charge in [0.25, 0.3) is 0 Å². The van der Waals surface area contributed by atoms with Gasteiger partial charge in [0.05, 0.1) is 13.0 Å². The molecular weight excluding hydrogens is 276 g/mol. The molecule has 2 aromatic rings. The Morgan fingerprint density at radius 3 is 2.68 bits per heavy atom. The summed E-state index contributed by atoms with van der Waals surface area (Å²) in [5.41, 5.74) is 8.19. The highest BCUT2D eigenvalue weighted by Crippen LogP contribution is 2.26. The summed E-state index contributed by atoms with van der Waals surface area (Å²) in [6, 6.07) is 17.5. The van der Waals surface area contributed by atoms with Crippen molar-refractivity contribution < 1.29 is 9.53 Å². The first-order valence-corrected chi connectivity index (χ1v) is 7.56. The first-order valence-electron chi connectivity index (χ1n) is 7.56. The summed E-state index contributed by atoms with van der Waals surface area (Å²) < 4.78 is 5.60. The lowest BCUT2D eigenvalue weighted by Gasteiger charge is -2.33. The number of benzene rings is 2. The van der Waals surface area contributed by atoms with Gasteiger partial charge in [-0.05, 0) is 30.2 Å². The van der Waals surface area contributed by atoms with Gasteiger partial charge in [0.1, 0.15) is 5.75 Å². The molecule has 0 saturated heterocycles. The molecule has 22 heavy (non-hydrogen) atoms. The van der Waals surface area contributed by atoms with Crippen LogP contribution in [0.3, 0.4) is 0 Å². The summed E-state index contributed by atoms with van der Waals surface area (Å²) in [7, 11) is 0. The van der Waals surface area contributed by atoms with Crippen LogP contribution in [0.1, 0.15) is 12.0 Å². The molecule has 4 nitrogen and oxygen atoms in total. The van der Waals surface area contributed by atoms with E-state index in [1.807, 2.05) is 54.6 Å². The molecule has 1 unspecified atom stereocenters. The zero-order chi connectivity index (χ0) is 15.4. The molecule has 0 spiro atoms. The van der Waals surface area contributed by atoms with E-state index < -0.39 is 0 Å². The van der Waals surface area contributed by atoms with Crippen LogP contribution in [0.4, 0.5) is 5.69 Å². The molecule has 1 amide bonds. The van der Waals surface area contributed by atoms with E-state index in [1.54, 1.807) is 4.90 Å². The normalized spacial score (nSPS) is 17.0. The zero-order valence-corrected chi connectivity index (χ0v) is 12.4. The predicted molar refractivity (Wildman–Crippen MR) is 87.0 cm³/mol. The maximum atomic E-state index is 12.5. The van der Waals surface area contributed by atoms with Crippen molar-refractivity contribution >= 4 is 11.6 Å². The van der Waals surface area contributed by atoms with Gasteiger partial charge in [0, 0.05) is 18.3 Å². The van der Waals surface area contributed by atoms with E-state index >= 15 is 0 Å². The predicted octanol–water partition coefficient (Wildman–Crippen LogP) is 2.37. The van der Waals surface area contributed by atoms with E-state index in [1.165, 1.54) is 0 Å². The van der Waals surface area contributed by atoms with Crippen LogP contribution in [-0.2, 0) is 11.2 Å². The van der Waals surface area contributed by atoms with E-state index in [0.717, 1.165) is 23.4 Å². The molecule has 0 saturated carbocycles. The fourth-order valence-electron chi connectivity index (χ4n) is 2.77. The average Bonchev–Trinajstić information content (AvgIpc) is 2.55. The van der Waals surface area contributed by atoms with Crippen LogP contribution >= 0.6 is 0 Å². The summed E-state index contributed by atoms with van der Waals surface area (Å²) in [4.78, 5) is 14.3. The standard InChI is InChI=1S/C18H20N2O2/c19-15-12-14-6-4-5-9-17(14)20(13-15)18(21)10-11-22-16-7-2-1-3-8-16/h1-9,15H,10-13,19H2. The van der Waals surface area contributed by atoms with E-state index in [9.17, 15) is 4.79 Å². The number of anilines is 1. The van der Waals surface area contributed by atoms with Crippen molar-refractivity contribution in [1.29, 1.82) is 0 Å². The lowest BCUT2D eigenvalue weighted by atomic mass is 9.98. The maximum absolute atomic E-state index is 12.5. The number of hydrogen-bond donors (Lipinski definition) is 1. The van der Waals surface area contributed by atoms with Crippen molar-refractivity contribution in [2.75, 3.05) is 18.1 Å². The third-order valence-electron chi connectivity index (χ3n) is 3.81. The Bertz CT molecular complexity index is 643. The lowest BCUT2D eigenvalue weighted by Crippen LogP contribution is -2.46. The Balaban J connectivity index is 1.63. The Hall–Kier alpha value is -2.33. The number of hydrogen-bond acceptors (Lipinski definition) is 3. The molecule has 3 rings (SSSR count). The molecule has 1 aliphatic heterocycles. The third-order valence-corrected chi connectivity index (χ3v) is 3.81. The first-order chi connectivity index (χ1) is 10.7. The van der Waals surface area contributed by atoms with Crippen LogP contribution in [-0.4, -0.2) is 25.1 Å². The fourth-order valence-corrected chi connectivity index (χ4v) is 2.77. The minimum absolute atomic E-state index is 0.00566. The lowest BCUT2D eigenvalue weighted by molar-refractivity contribution is -0.119. The van der Waals surface area contributed by atoms with E-state index in [-0.39, 0.29) is 11.9 Å². The number of nitrogens with zero attached hydrogens (tertiary/aromatic N) is 1. The minimum Gasteiger partial charge on any atom is -0.493 e. The van der Waals surface area contributed by atoms with Gasteiger partial charge in [-0.25, -0.2) is 0 Å². The highest BCUT2D eigenvalue weighted by Gasteiger charge is 2.25. The van der Waals surface area contributed by atoms with E-state index in [2.05, 4.69) is 0 Å². The van der Waals surface area contributed by atoms with Crippen LogP contribution in [0, 0.1) is 0 Å². The number of amides is 1. The molecule has 1 aliphatic rings. The van der Waals surface area contributed by atoms with Gasteiger partial charge in [-0.3, -0.25) is 4.79 Å². The van der Waals surface area contributed by atoms with Crippen molar-refractivity contribution in [3.8, 4) is 5.75 Å². The van der Waals surface area contributed by atoms with Crippen LogP contribution < -0.4 is 15.4 Å². The van der Waals surface area contributed by atoms with E-state index in [4.69, 9.17) is 10.5 Å². The molecule has 2 N–H and O–H groups in total. The highest BCUT2D eigenvalue weighted by atomic mass is 16.5.